The lowest BCUT2D eigenvalue weighted by Gasteiger charge is -2.23. The molecular formula is C20H14ClNO4S. The van der Waals surface area contributed by atoms with Gasteiger partial charge in [0.1, 0.15) is 17.6 Å². The average Bonchev–Trinajstić information content (AvgIpc) is 3.40. The molecule has 1 saturated heterocycles. The van der Waals surface area contributed by atoms with Gasteiger partial charge in [0, 0.05) is 15.5 Å². The van der Waals surface area contributed by atoms with Gasteiger partial charge >= 0.3 is 0 Å². The van der Waals surface area contributed by atoms with Gasteiger partial charge in [-0.15, -0.1) is 11.3 Å². The second-order valence-corrected chi connectivity index (χ2v) is 7.44. The van der Waals surface area contributed by atoms with E-state index in [1.807, 2.05) is 17.5 Å². The Morgan fingerprint density at radius 3 is 2.56 bits per heavy atom. The van der Waals surface area contributed by atoms with E-state index < -0.39 is 17.7 Å². The summed E-state index contributed by atoms with van der Waals surface area (Å²) in [4.78, 5) is 27.7. The minimum atomic E-state index is -0.715. The molecule has 2 aromatic heterocycles. The van der Waals surface area contributed by atoms with Crippen LogP contribution in [0.2, 0.25) is 5.02 Å². The third kappa shape index (κ3) is 3.18. The number of benzene rings is 1. The number of hydrogen-bond acceptors (Lipinski definition) is 5. The van der Waals surface area contributed by atoms with Crippen molar-refractivity contribution in [1.82, 2.24) is 4.90 Å². The van der Waals surface area contributed by atoms with Crippen molar-refractivity contribution in [3.63, 3.8) is 0 Å². The molecule has 4 rings (SSSR count). The third-order valence-corrected chi connectivity index (χ3v) is 5.55. The number of carbonyl (C=O) groups is 2. The van der Waals surface area contributed by atoms with Crippen molar-refractivity contribution in [1.29, 1.82) is 0 Å². The SMILES string of the molecule is O=C1C(=O)N(Cc2ccco2)[C@H](c2cccs2)C1=C(O)c1ccc(Cl)cc1. The highest BCUT2D eigenvalue weighted by Crippen LogP contribution is 2.41. The second kappa shape index (κ2) is 7.06. The van der Waals surface area contributed by atoms with Gasteiger partial charge in [-0.3, -0.25) is 9.59 Å². The molecule has 0 saturated carbocycles. The van der Waals surface area contributed by atoms with E-state index in [9.17, 15) is 14.7 Å². The molecule has 1 N–H and O–H groups in total. The lowest BCUT2D eigenvalue weighted by molar-refractivity contribution is -0.140. The van der Waals surface area contributed by atoms with Crippen molar-refractivity contribution < 1.29 is 19.1 Å². The Bertz CT molecular complexity index is 1010. The number of aliphatic hydroxyl groups is 1. The molecule has 1 aliphatic heterocycles. The van der Waals surface area contributed by atoms with Crippen molar-refractivity contribution in [2.24, 2.45) is 0 Å². The highest BCUT2D eigenvalue weighted by atomic mass is 35.5. The Kier molecular flexibility index (Phi) is 4.59. The summed E-state index contributed by atoms with van der Waals surface area (Å²) in [5, 5.41) is 13.2. The predicted octanol–water partition coefficient (Wildman–Crippen LogP) is 4.62. The van der Waals surface area contributed by atoms with E-state index in [0.29, 0.717) is 16.3 Å². The molecule has 0 unspecified atom stereocenters. The van der Waals surface area contributed by atoms with Crippen molar-refractivity contribution in [3.8, 4) is 0 Å². The number of ketones is 1. The summed E-state index contributed by atoms with van der Waals surface area (Å²) >= 11 is 7.32. The average molecular weight is 400 g/mol. The van der Waals surface area contributed by atoms with Crippen LogP contribution in [0.5, 0.6) is 0 Å². The van der Waals surface area contributed by atoms with Crippen molar-refractivity contribution in [2.45, 2.75) is 12.6 Å². The first-order chi connectivity index (χ1) is 13.1. The summed E-state index contributed by atoms with van der Waals surface area (Å²) in [6.07, 6.45) is 1.51. The van der Waals surface area contributed by atoms with Crippen molar-refractivity contribution in [2.75, 3.05) is 0 Å². The quantitative estimate of drug-likeness (QED) is 0.395. The van der Waals surface area contributed by atoms with Gasteiger partial charge in [-0.1, -0.05) is 17.7 Å². The van der Waals surface area contributed by atoms with E-state index in [0.717, 1.165) is 4.88 Å². The Morgan fingerprint density at radius 1 is 1.15 bits per heavy atom. The van der Waals surface area contributed by atoms with Crippen LogP contribution in [-0.2, 0) is 16.1 Å². The Labute approximate surface area is 164 Å². The highest BCUT2D eigenvalue weighted by Gasteiger charge is 2.46. The number of carbonyl (C=O) groups excluding carboxylic acids is 2. The molecule has 0 bridgehead atoms. The number of nitrogens with zero attached hydrogens (tertiary/aromatic N) is 1. The zero-order valence-electron chi connectivity index (χ0n) is 14.0. The van der Waals surface area contributed by atoms with Crippen LogP contribution in [-0.4, -0.2) is 21.7 Å². The fourth-order valence-electron chi connectivity index (χ4n) is 3.12. The first kappa shape index (κ1) is 17.6. The van der Waals surface area contributed by atoms with Gasteiger partial charge in [-0.25, -0.2) is 0 Å². The molecule has 0 radical (unpaired) electrons. The van der Waals surface area contributed by atoms with Gasteiger partial charge < -0.3 is 14.4 Å². The molecule has 7 heteroatoms. The molecule has 1 aliphatic rings. The standard InChI is InChI=1S/C20H14ClNO4S/c21-13-7-5-12(6-8-13)18(23)16-17(15-4-2-10-27-15)22(20(25)19(16)24)11-14-3-1-9-26-14/h1-10,17,23H,11H2/t17-/m1/s1. The largest absolute Gasteiger partial charge is 0.507 e. The molecule has 1 amide bonds. The number of thiophene rings is 1. The monoisotopic (exact) mass is 399 g/mol. The van der Waals surface area contributed by atoms with Crippen LogP contribution >= 0.6 is 22.9 Å². The predicted molar refractivity (Wildman–Crippen MR) is 102 cm³/mol. The number of halogens is 1. The number of amides is 1. The molecule has 5 nitrogen and oxygen atoms in total. The number of likely N-dealkylation sites (tertiary alicyclic amines) is 1. The normalized spacial score (nSPS) is 19.0. The highest BCUT2D eigenvalue weighted by molar-refractivity contribution is 7.10. The van der Waals surface area contributed by atoms with E-state index in [1.54, 1.807) is 36.4 Å². The van der Waals surface area contributed by atoms with Gasteiger partial charge in [-0.05, 0) is 47.8 Å². The maximum atomic E-state index is 12.8. The van der Waals surface area contributed by atoms with Gasteiger partial charge in [0.2, 0.25) is 0 Å². The number of hydrogen-bond donors (Lipinski definition) is 1. The summed E-state index contributed by atoms with van der Waals surface area (Å²) in [5.74, 6) is -1.04. The molecule has 1 fully saturated rings. The Balaban J connectivity index is 1.83. The number of furan rings is 1. The molecule has 3 heterocycles. The maximum absolute atomic E-state index is 12.8. The Hall–Kier alpha value is -2.83. The first-order valence-corrected chi connectivity index (χ1v) is 9.42. The zero-order valence-corrected chi connectivity index (χ0v) is 15.5. The van der Waals surface area contributed by atoms with Crippen LogP contribution in [0.25, 0.3) is 5.76 Å². The molecular weight excluding hydrogens is 386 g/mol. The van der Waals surface area contributed by atoms with Crippen LogP contribution < -0.4 is 0 Å². The minimum Gasteiger partial charge on any atom is -0.507 e. The molecule has 136 valence electrons. The molecule has 0 spiro atoms. The van der Waals surface area contributed by atoms with Crippen LogP contribution in [0.15, 0.2) is 70.2 Å². The fourth-order valence-corrected chi connectivity index (χ4v) is 4.09. The lowest BCUT2D eigenvalue weighted by Crippen LogP contribution is -2.28. The maximum Gasteiger partial charge on any atom is 0.296 e. The topological polar surface area (TPSA) is 70.8 Å². The number of rotatable bonds is 4. The first-order valence-electron chi connectivity index (χ1n) is 8.16. The van der Waals surface area contributed by atoms with E-state index in [2.05, 4.69) is 0 Å². The van der Waals surface area contributed by atoms with Gasteiger partial charge in [0.15, 0.2) is 0 Å². The summed E-state index contributed by atoms with van der Waals surface area (Å²) < 4.78 is 5.34. The molecule has 27 heavy (non-hydrogen) atoms. The van der Waals surface area contributed by atoms with Gasteiger partial charge in [0.25, 0.3) is 11.7 Å². The van der Waals surface area contributed by atoms with Crippen LogP contribution in [0, 0.1) is 0 Å². The zero-order chi connectivity index (χ0) is 19.0. The van der Waals surface area contributed by atoms with E-state index in [-0.39, 0.29) is 17.9 Å². The minimum absolute atomic E-state index is 0.0660. The fraction of sp³-hybridized carbons (Fsp3) is 0.100. The van der Waals surface area contributed by atoms with E-state index in [1.165, 1.54) is 22.5 Å². The van der Waals surface area contributed by atoms with Crippen molar-refractivity contribution in [3.05, 3.63) is 87.0 Å². The van der Waals surface area contributed by atoms with E-state index >= 15 is 0 Å². The van der Waals surface area contributed by atoms with Crippen LogP contribution in [0.4, 0.5) is 0 Å². The van der Waals surface area contributed by atoms with Gasteiger partial charge in [0.05, 0.1) is 18.4 Å². The van der Waals surface area contributed by atoms with Crippen LogP contribution in [0.3, 0.4) is 0 Å². The smallest absolute Gasteiger partial charge is 0.296 e. The number of Topliss-reactive ketones (excluding diaryl/α,β-unsaturated/α-hetero) is 1. The lowest BCUT2D eigenvalue weighted by atomic mass is 10.00. The Morgan fingerprint density at radius 2 is 1.93 bits per heavy atom. The van der Waals surface area contributed by atoms with Gasteiger partial charge in [-0.2, -0.15) is 0 Å². The van der Waals surface area contributed by atoms with E-state index in [4.69, 9.17) is 16.0 Å². The molecule has 0 aliphatic carbocycles. The van der Waals surface area contributed by atoms with Crippen LogP contribution in [0.1, 0.15) is 22.2 Å². The number of aliphatic hydroxyl groups excluding tert-OH is 1. The van der Waals surface area contributed by atoms with Crippen molar-refractivity contribution >= 4 is 40.4 Å². The third-order valence-electron chi connectivity index (χ3n) is 4.38. The molecule has 1 aromatic carbocycles. The summed E-state index contributed by atoms with van der Waals surface area (Å²) in [5.41, 5.74) is 0.494. The second-order valence-electron chi connectivity index (χ2n) is 6.03. The molecule has 1 atom stereocenters. The molecule has 3 aromatic rings. The summed E-state index contributed by atoms with van der Waals surface area (Å²) in [6, 6.07) is 12.9. The summed E-state index contributed by atoms with van der Waals surface area (Å²) in [7, 11) is 0. The summed E-state index contributed by atoms with van der Waals surface area (Å²) in [6.45, 7) is 0.136.